The van der Waals surface area contributed by atoms with Crippen LogP contribution in [0.15, 0.2) is 42.5 Å². The number of fused-ring (bicyclic) bond motifs is 1. The van der Waals surface area contributed by atoms with Gasteiger partial charge in [-0.1, -0.05) is 18.2 Å². The zero-order chi connectivity index (χ0) is 33.6. The van der Waals surface area contributed by atoms with Crippen molar-refractivity contribution in [2.24, 2.45) is 5.41 Å². The van der Waals surface area contributed by atoms with E-state index in [9.17, 15) is 54.6 Å². The maximum atomic E-state index is 14.3. The maximum absolute atomic E-state index is 14.3. The number of benzene rings is 3. The zero-order valence-corrected chi connectivity index (χ0v) is 24.4. The monoisotopic (exact) mass is 630 g/mol. The van der Waals surface area contributed by atoms with E-state index in [0.29, 0.717) is 5.56 Å². The summed E-state index contributed by atoms with van der Waals surface area (Å²) < 4.78 is 10.3. The van der Waals surface area contributed by atoms with Gasteiger partial charge in [-0.15, -0.1) is 0 Å². The molecule has 0 radical (unpaired) electrons. The number of carbonyl (C=O) groups excluding carboxylic acids is 5. The molecule has 0 fully saturated rings. The van der Waals surface area contributed by atoms with E-state index in [0.717, 1.165) is 32.2 Å². The number of methoxy groups -OCH3 is 1. The second-order valence-electron chi connectivity index (χ2n) is 11.6. The smallest absolute Gasteiger partial charge is 0.342 e. The summed E-state index contributed by atoms with van der Waals surface area (Å²) in [6.07, 6.45) is 0.582. The van der Waals surface area contributed by atoms with Crippen LogP contribution >= 0.6 is 0 Å². The van der Waals surface area contributed by atoms with Gasteiger partial charge in [0.2, 0.25) is 11.6 Å². The molecule has 1 unspecified atom stereocenters. The molecule has 13 nitrogen and oxygen atoms in total. The third kappa shape index (κ3) is 3.75. The molecule has 3 aromatic carbocycles. The van der Waals surface area contributed by atoms with Crippen LogP contribution in [0.5, 0.6) is 28.7 Å². The Morgan fingerprint density at radius 1 is 0.891 bits per heavy atom. The van der Waals surface area contributed by atoms with E-state index < -0.39 is 110 Å². The van der Waals surface area contributed by atoms with E-state index in [4.69, 9.17) is 4.74 Å². The molecule has 0 amide bonds. The van der Waals surface area contributed by atoms with Crippen LogP contribution in [0, 0.1) is 12.3 Å². The molecule has 0 aliphatic heterocycles. The molecule has 0 heterocycles. The number of Topliss-reactive ketones (excluding diaryl/α,β-unsaturated/α-hetero) is 2. The number of aromatic hydroxyl groups is 5. The molecular formula is C33H26O13. The first-order valence-corrected chi connectivity index (χ1v) is 13.9. The van der Waals surface area contributed by atoms with Gasteiger partial charge in [-0.2, -0.15) is 0 Å². The Morgan fingerprint density at radius 2 is 1.54 bits per heavy atom. The van der Waals surface area contributed by atoms with Gasteiger partial charge in [0.15, 0.2) is 11.4 Å². The van der Waals surface area contributed by atoms with Crippen molar-refractivity contribution in [3.05, 3.63) is 87.0 Å². The lowest BCUT2D eigenvalue weighted by molar-refractivity contribution is -0.172. The van der Waals surface area contributed by atoms with E-state index in [1.54, 1.807) is 6.92 Å². The number of phenols is 5. The van der Waals surface area contributed by atoms with Crippen LogP contribution in [0.2, 0.25) is 0 Å². The van der Waals surface area contributed by atoms with Crippen molar-refractivity contribution in [3.63, 3.8) is 0 Å². The summed E-state index contributed by atoms with van der Waals surface area (Å²) in [5.41, 5.74) is -7.69. The van der Waals surface area contributed by atoms with Crippen LogP contribution in [0.3, 0.4) is 0 Å². The summed E-state index contributed by atoms with van der Waals surface area (Å²) in [5, 5.41) is 66.6. The highest BCUT2D eigenvalue weighted by atomic mass is 16.5. The van der Waals surface area contributed by atoms with Gasteiger partial charge in [0.05, 0.1) is 29.6 Å². The number of aryl methyl sites for hydroxylation is 1. The minimum Gasteiger partial charge on any atom is -0.507 e. The maximum Gasteiger partial charge on any atom is 0.342 e. The lowest BCUT2D eigenvalue weighted by Crippen LogP contribution is -2.66. The van der Waals surface area contributed by atoms with Crippen molar-refractivity contribution in [1.29, 1.82) is 0 Å². The van der Waals surface area contributed by atoms with Crippen LogP contribution in [0.1, 0.15) is 77.8 Å². The molecule has 4 aliphatic carbocycles. The van der Waals surface area contributed by atoms with Gasteiger partial charge in [-0.05, 0) is 48.7 Å². The largest absolute Gasteiger partial charge is 0.507 e. The Labute approximate surface area is 259 Å². The normalized spacial score (nSPS) is 24.0. The van der Waals surface area contributed by atoms with Gasteiger partial charge in [0, 0.05) is 18.1 Å². The number of hydrogen-bond acceptors (Lipinski definition) is 13. The van der Waals surface area contributed by atoms with Crippen LogP contribution in [0.4, 0.5) is 0 Å². The third-order valence-corrected chi connectivity index (χ3v) is 8.98. The second kappa shape index (κ2) is 9.91. The zero-order valence-electron chi connectivity index (χ0n) is 24.4. The fraction of sp³-hybridized carbons (Fsp3) is 0.242. The molecule has 6 N–H and O–H groups in total. The van der Waals surface area contributed by atoms with Crippen molar-refractivity contribution >= 4 is 29.3 Å². The summed E-state index contributed by atoms with van der Waals surface area (Å²) in [6, 6.07) is 5.55. The molecule has 236 valence electrons. The first-order valence-electron chi connectivity index (χ1n) is 13.9. The average Bonchev–Trinajstić information content (AvgIpc) is 3.19. The highest BCUT2D eigenvalue weighted by Gasteiger charge is 2.71. The third-order valence-electron chi connectivity index (χ3n) is 8.98. The minimum absolute atomic E-state index is 0.00979. The standard InChI is InChI=1S/C33H26O13/c1-12-8-16-22(19(37)9-12)29(42)33(44)28(41)15-6-7-32(33,30(16)46-13(2)34)11-14-10-20(38)25(26(39)21(14)15)27(40)23-17(35)4-5-18(36)24(23)31(43)45-3/h4-10,15,30,35-39,44H,11H2,1-3H3/t15-,30+,32-,33?/m1/s1. The van der Waals surface area contributed by atoms with Gasteiger partial charge >= 0.3 is 11.9 Å². The fourth-order valence-corrected chi connectivity index (χ4v) is 7.08. The number of allylic oxidation sites excluding steroid dienone is 1. The van der Waals surface area contributed by atoms with Gasteiger partial charge in [0.25, 0.3) is 0 Å². The quantitative estimate of drug-likeness (QED) is 0.0802. The second-order valence-corrected chi connectivity index (χ2v) is 11.6. The number of ether oxygens (including phenoxy) is 2. The SMILES string of the molecule is COC(=O)c1c(O)ccc(O)c1C(=O)c1c(O)cc2c(c1O)[C@H]1C=C[C@@]3(C2)[C@@H](OC(C)=O)c2cc(C)cc(O)c2C(=O)C3(O)C1=O. The van der Waals surface area contributed by atoms with E-state index >= 15 is 0 Å². The number of ketones is 3. The summed E-state index contributed by atoms with van der Waals surface area (Å²) >= 11 is 0. The molecule has 0 saturated heterocycles. The van der Waals surface area contributed by atoms with Gasteiger partial charge in [-0.25, -0.2) is 4.79 Å². The summed E-state index contributed by atoms with van der Waals surface area (Å²) in [6.45, 7) is 2.69. The fourth-order valence-electron chi connectivity index (χ4n) is 7.08. The number of phenolic OH excluding ortho intramolecular Hbond substituents is 5. The van der Waals surface area contributed by atoms with Gasteiger partial charge in [-0.3, -0.25) is 19.2 Å². The topological polar surface area (TPSA) is 225 Å². The van der Waals surface area contributed by atoms with Crippen molar-refractivity contribution in [3.8, 4) is 28.7 Å². The predicted octanol–water partition coefficient (Wildman–Crippen LogP) is 2.54. The molecule has 46 heavy (non-hydrogen) atoms. The van der Waals surface area contributed by atoms with Crippen LogP contribution in [-0.4, -0.2) is 72.6 Å². The average molecular weight is 631 g/mol. The first-order chi connectivity index (χ1) is 21.6. The Hall–Kier alpha value is -5.69. The molecule has 4 atom stereocenters. The molecule has 7 rings (SSSR count). The first kappa shape index (κ1) is 30.3. The van der Waals surface area contributed by atoms with Gasteiger partial charge < -0.3 is 40.1 Å². The molecule has 3 aromatic rings. The summed E-state index contributed by atoms with van der Waals surface area (Å²) in [4.78, 5) is 67.0. The van der Waals surface area contributed by atoms with E-state index in [-0.39, 0.29) is 16.7 Å². The molecule has 0 aromatic heterocycles. The Kier molecular flexibility index (Phi) is 6.53. The number of esters is 2. The Balaban J connectivity index is 1.62. The molecule has 0 saturated carbocycles. The molecular weight excluding hydrogens is 604 g/mol. The van der Waals surface area contributed by atoms with Crippen molar-refractivity contribution in [1.82, 2.24) is 0 Å². The Morgan fingerprint density at radius 3 is 2.17 bits per heavy atom. The number of aliphatic hydroxyl groups is 1. The summed E-state index contributed by atoms with van der Waals surface area (Å²) in [5.74, 6) is -11.3. The lowest BCUT2D eigenvalue weighted by atomic mass is 9.53. The Bertz CT molecular complexity index is 1990. The van der Waals surface area contributed by atoms with Crippen LogP contribution in [-0.2, 0) is 25.5 Å². The predicted molar refractivity (Wildman–Crippen MR) is 154 cm³/mol. The molecule has 2 bridgehead atoms. The highest BCUT2D eigenvalue weighted by molar-refractivity contribution is 6.24. The van der Waals surface area contributed by atoms with E-state index in [1.165, 1.54) is 24.3 Å². The molecule has 4 aliphatic rings. The van der Waals surface area contributed by atoms with E-state index in [2.05, 4.69) is 4.74 Å². The molecule has 13 heteroatoms. The van der Waals surface area contributed by atoms with Crippen LogP contribution in [0.25, 0.3) is 0 Å². The van der Waals surface area contributed by atoms with E-state index in [1.807, 2.05) is 0 Å². The highest BCUT2D eigenvalue weighted by Crippen LogP contribution is 2.63. The van der Waals surface area contributed by atoms with Crippen molar-refractivity contribution < 1.29 is 64.1 Å². The van der Waals surface area contributed by atoms with Crippen LogP contribution < -0.4 is 0 Å². The lowest BCUT2D eigenvalue weighted by Gasteiger charge is -2.52. The minimum atomic E-state index is -2.96. The van der Waals surface area contributed by atoms with Crippen molar-refractivity contribution in [2.75, 3.05) is 7.11 Å². The molecule has 1 spiro atoms. The number of hydrogen-bond donors (Lipinski definition) is 6. The number of carbonyl (C=O) groups is 5. The van der Waals surface area contributed by atoms with Crippen molar-refractivity contribution in [2.45, 2.75) is 37.9 Å². The van der Waals surface area contributed by atoms with Gasteiger partial charge in [0.1, 0.15) is 46.0 Å². The summed E-state index contributed by atoms with van der Waals surface area (Å²) in [7, 11) is 0.958. The number of rotatable bonds is 4.